The summed E-state index contributed by atoms with van der Waals surface area (Å²) >= 11 is 0. The molecule has 1 aromatic heterocycles. The van der Waals surface area contributed by atoms with Crippen molar-refractivity contribution in [2.45, 2.75) is 26.3 Å². The van der Waals surface area contributed by atoms with E-state index in [2.05, 4.69) is 15.6 Å². The molecule has 1 rings (SSSR count). The number of carboxylic acid groups (broad SMARTS) is 1. The van der Waals surface area contributed by atoms with Crippen molar-refractivity contribution in [3.63, 3.8) is 0 Å². The van der Waals surface area contributed by atoms with E-state index in [1.54, 1.807) is 12.1 Å². The standard InChI is InChI=1S/C14H19N3O4/c1-9(2)7-11(14(20)21)17-12(18)8-16-13(19)10-5-3-4-6-15-10/h3-6,9,11H,7-8H2,1-2H3,(H,16,19)(H,17,18)(H,20,21)/t11-/m1/s1. The highest BCUT2D eigenvalue weighted by Gasteiger charge is 2.21. The molecule has 3 N–H and O–H groups in total. The third kappa shape index (κ3) is 6.03. The van der Waals surface area contributed by atoms with Crippen molar-refractivity contribution in [3.05, 3.63) is 30.1 Å². The van der Waals surface area contributed by atoms with Crippen LogP contribution in [0.2, 0.25) is 0 Å². The maximum absolute atomic E-state index is 11.7. The molecule has 0 saturated heterocycles. The minimum Gasteiger partial charge on any atom is -0.480 e. The molecule has 0 aliphatic heterocycles. The second kappa shape index (κ2) is 7.98. The number of aromatic nitrogens is 1. The predicted octanol–water partition coefficient (Wildman–Crippen LogP) is 0.427. The summed E-state index contributed by atoms with van der Waals surface area (Å²) in [5, 5.41) is 13.8. The zero-order valence-corrected chi connectivity index (χ0v) is 12.0. The summed E-state index contributed by atoms with van der Waals surface area (Å²) in [7, 11) is 0. The topological polar surface area (TPSA) is 108 Å². The molecule has 0 spiro atoms. The van der Waals surface area contributed by atoms with E-state index in [9.17, 15) is 14.4 Å². The molecule has 0 radical (unpaired) electrons. The Hall–Kier alpha value is -2.44. The number of aliphatic carboxylic acids is 1. The van der Waals surface area contributed by atoms with Crippen LogP contribution < -0.4 is 10.6 Å². The van der Waals surface area contributed by atoms with Crippen molar-refractivity contribution in [1.29, 1.82) is 0 Å². The van der Waals surface area contributed by atoms with E-state index in [4.69, 9.17) is 5.11 Å². The molecule has 7 nitrogen and oxygen atoms in total. The fourth-order valence-corrected chi connectivity index (χ4v) is 1.69. The number of nitrogens with zero attached hydrogens (tertiary/aromatic N) is 1. The largest absolute Gasteiger partial charge is 0.480 e. The fraction of sp³-hybridized carbons (Fsp3) is 0.429. The summed E-state index contributed by atoms with van der Waals surface area (Å²) < 4.78 is 0. The van der Waals surface area contributed by atoms with Gasteiger partial charge in [0.2, 0.25) is 5.91 Å². The second-order valence-electron chi connectivity index (χ2n) is 4.99. The smallest absolute Gasteiger partial charge is 0.326 e. The highest BCUT2D eigenvalue weighted by molar-refractivity contribution is 5.95. The van der Waals surface area contributed by atoms with Gasteiger partial charge in [-0.1, -0.05) is 19.9 Å². The van der Waals surface area contributed by atoms with Crippen LogP contribution >= 0.6 is 0 Å². The maximum Gasteiger partial charge on any atom is 0.326 e. The van der Waals surface area contributed by atoms with Crippen LogP contribution in [0.3, 0.4) is 0 Å². The van der Waals surface area contributed by atoms with Crippen molar-refractivity contribution < 1.29 is 19.5 Å². The summed E-state index contributed by atoms with van der Waals surface area (Å²) in [5.74, 6) is -1.99. The maximum atomic E-state index is 11.7. The number of carbonyl (C=O) groups excluding carboxylic acids is 2. The number of nitrogens with one attached hydrogen (secondary N) is 2. The first kappa shape index (κ1) is 16.6. The van der Waals surface area contributed by atoms with E-state index in [1.807, 2.05) is 13.8 Å². The lowest BCUT2D eigenvalue weighted by Gasteiger charge is -2.16. The van der Waals surface area contributed by atoms with Gasteiger partial charge in [0.05, 0.1) is 6.54 Å². The zero-order valence-electron chi connectivity index (χ0n) is 12.0. The van der Waals surface area contributed by atoms with Gasteiger partial charge in [0, 0.05) is 6.20 Å². The lowest BCUT2D eigenvalue weighted by molar-refractivity contribution is -0.142. The quantitative estimate of drug-likeness (QED) is 0.675. The summed E-state index contributed by atoms with van der Waals surface area (Å²) in [5.41, 5.74) is 0.197. The molecular formula is C14H19N3O4. The lowest BCUT2D eigenvalue weighted by atomic mass is 10.0. The van der Waals surface area contributed by atoms with E-state index in [0.717, 1.165) is 0 Å². The summed E-state index contributed by atoms with van der Waals surface area (Å²) in [6, 6.07) is 3.90. The highest BCUT2D eigenvalue weighted by atomic mass is 16.4. The first-order chi connectivity index (χ1) is 9.90. The van der Waals surface area contributed by atoms with Crippen molar-refractivity contribution in [3.8, 4) is 0 Å². The second-order valence-corrected chi connectivity index (χ2v) is 4.99. The van der Waals surface area contributed by atoms with Gasteiger partial charge >= 0.3 is 5.97 Å². The van der Waals surface area contributed by atoms with Crippen LogP contribution in [0.25, 0.3) is 0 Å². The number of hydrogen-bond acceptors (Lipinski definition) is 4. The van der Waals surface area contributed by atoms with Gasteiger partial charge in [-0.15, -0.1) is 0 Å². The Balaban J connectivity index is 2.46. The first-order valence-corrected chi connectivity index (χ1v) is 6.61. The van der Waals surface area contributed by atoms with Crippen LogP contribution in [0.15, 0.2) is 24.4 Å². The van der Waals surface area contributed by atoms with Gasteiger partial charge < -0.3 is 15.7 Å². The molecule has 0 fully saturated rings. The van der Waals surface area contributed by atoms with Crippen molar-refractivity contribution in [2.75, 3.05) is 6.54 Å². The van der Waals surface area contributed by atoms with Crippen molar-refractivity contribution >= 4 is 17.8 Å². The number of rotatable bonds is 7. The molecule has 1 aromatic rings. The van der Waals surface area contributed by atoms with E-state index in [-0.39, 0.29) is 18.2 Å². The third-order valence-corrected chi connectivity index (χ3v) is 2.65. The number of carbonyl (C=O) groups is 3. The molecule has 0 unspecified atom stereocenters. The van der Waals surface area contributed by atoms with E-state index >= 15 is 0 Å². The highest BCUT2D eigenvalue weighted by Crippen LogP contribution is 2.04. The molecule has 1 heterocycles. The normalized spacial score (nSPS) is 11.8. The van der Waals surface area contributed by atoms with Crippen LogP contribution in [-0.2, 0) is 9.59 Å². The predicted molar refractivity (Wildman–Crippen MR) is 75.6 cm³/mol. The molecule has 0 aliphatic rings. The molecule has 114 valence electrons. The lowest BCUT2D eigenvalue weighted by Crippen LogP contribution is -2.46. The van der Waals surface area contributed by atoms with Crippen LogP contribution in [-0.4, -0.2) is 40.5 Å². The van der Waals surface area contributed by atoms with E-state index < -0.39 is 23.8 Å². The SMILES string of the molecule is CC(C)C[C@@H](NC(=O)CNC(=O)c1ccccn1)C(=O)O. The zero-order chi connectivity index (χ0) is 15.8. The van der Waals surface area contributed by atoms with Crippen molar-refractivity contribution in [2.24, 2.45) is 5.92 Å². The van der Waals surface area contributed by atoms with Gasteiger partial charge in [-0.3, -0.25) is 14.6 Å². The Bertz CT molecular complexity index is 502. The van der Waals surface area contributed by atoms with Crippen LogP contribution in [0, 0.1) is 5.92 Å². The average molecular weight is 293 g/mol. The number of amides is 2. The molecule has 1 atom stereocenters. The average Bonchev–Trinajstić information content (AvgIpc) is 2.44. The fourth-order valence-electron chi connectivity index (χ4n) is 1.69. The Labute approximate surface area is 122 Å². The van der Waals surface area contributed by atoms with Crippen LogP contribution in [0.5, 0.6) is 0 Å². The summed E-state index contributed by atoms with van der Waals surface area (Å²) in [6.45, 7) is 3.44. The minimum absolute atomic E-state index is 0.134. The van der Waals surface area contributed by atoms with Gasteiger partial charge in [0.1, 0.15) is 11.7 Å². The van der Waals surface area contributed by atoms with Crippen LogP contribution in [0.1, 0.15) is 30.8 Å². The molecule has 0 saturated carbocycles. The Morgan fingerprint density at radius 2 is 2.00 bits per heavy atom. The van der Waals surface area contributed by atoms with Gasteiger partial charge in [0.25, 0.3) is 5.91 Å². The third-order valence-electron chi connectivity index (χ3n) is 2.65. The molecular weight excluding hydrogens is 274 g/mol. The molecule has 21 heavy (non-hydrogen) atoms. The minimum atomic E-state index is -1.09. The van der Waals surface area contributed by atoms with E-state index in [1.165, 1.54) is 12.3 Å². The van der Waals surface area contributed by atoms with Crippen LogP contribution in [0.4, 0.5) is 0 Å². The number of pyridine rings is 1. The number of hydrogen-bond donors (Lipinski definition) is 3. The molecule has 7 heteroatoms. The molecule has 0 aromatic carbocycles. The Kier molecular flexibility index (Phi) is 6.32. The monoisotopic (exact) mass is 293 g/mol. The van der Waals surface area contributed by atoms with Gasteiger partial charge in [-0.05, 0) is 24.5 Å². The van der Waals surface area contributed by atoms with Gasteiger partial charge in [0.15, 0.2) is 0 Å². The molecule has 0 aliphatic carbocycles. The molecule has 2 amide bonds. The number of carboxylic acids is 1. The van der Waals surface area contributed by atoms with Crippen molar-refractivity contribution in [1.82, 2.24) is 15.6 Å². The summed E-state index contributed by atoms with van der Waals surface area (Å²) in [6.07, 6.45) is 1.80. The van der Waals surface area contributed by atoms with Gasteiger partial charge in [-0.2, -0.15) is 0 Å². The summed E-state index contributed by atoms with van der Waals surface area (Å²) in [4.78, 5) is 38.2. The Morgan fingerprint density at radius 1 is 1.29 bits per heavy atom. The van der Waals surface area contributed by atoms with E-state index in [0.29, 0.717) is 6.42 Å². The van der Waals surface area contributed by atoms with Gasteiger partial charge in [-0.25, -0.2) is 4.79 Å². The first-order valence-electron chi connectivity index (χ1n) is 6.61. The Morgan fingerprint density at radius 3 is 2.52 bits per heavy atom. The molecule has 0 bridgehead atoms.